The number of pyridine rings is 1. The van der Waals surface area contributed by atoms with Crippen LogP contribution in [0.25, 0.3) is 0 Å². The number of carbonyl (C=O) groups is 1. The van der Waals surface area contributed by atoms with E-state index in [2.05, 4.69) is 38.0 Å². The van der Waals surface area contributed by atoms with Crippen LogP contribution in [0, 0.1) is 11.3 Å². The van der Waals surface area contributed by atoms with Crippen LogP contribution in [-0.2, 0) is 0 Å². The van der Waals surface area contributed by atoms with Crippen molar-refractivity contribution in [2.75, 3.05) is 25.0 Å². The third-order valence-corrected chi connectivity index (χ3v) is 4.26. The van der Waals surface area contributed by atoms with Crippen molar-refractivity contribution in [3.05, 3.63) is 24.0 Å². The molecule has 1 atom stereocenters. The summed E-state index contributed by atoms with van der Waals surface area (Å²) in [7, 11) is 0. The summed E-state index contributed by atoms with van der Waals surface area (Å²) >= 11 is 0. The van der Waals surface area contributed by atoms with Gasteiger partial charge >= 0.3 is 0 Å². The molecule has 0 aromatic carbocycles. The Morgan fingerprint density at radius 3 is 2.71 bits per heavy atom. The highest BCUT2D eigenvalue weighted by molar-refractivity contribution is 5.92. The maximum Gasteiger partial charge on any atom is 0.272 e. The molecule has 116 valence electrons. The third kappa shape index (κ3) is 3.96. The molecule has 21 heavy (non-hydrogen) atoms. The summed E-state index contributed by atoms with van der Waals surface area (Å²) < 4.78 is 0. The van der Waals surface area contributed by atoms with Crippen LogP contribution in [0.4, 0.5) is 5.69 Å². The van der Waals surface area contributed by atoms with Gasteiger partial charge in [-0.1, -0.05) is 27.7 Å². The number of nitrogens with zero attached hydrogens (tertiary/aromatic N) is 2. The van der Waals surface area contributed by atoms with Crippen LogP contribution in [0.2, 0.25) is 0 Å². The van der Waals surface area contributed by atoms with E-state index in [9.17, 15) is 4.79 Å². The summed E-state index contributed by atoms with van der Waals surface area (Å²) in [6, 6.07) is 3.76. The van der Waals surface area contributed by atoms with E-state index in [1.54, 1.807) is 6.20 Å². The van der Waals surface area contributed by atoms with Crippen molar-refractivity contribution in [2.45, 2.75) is 40.5 Å². The van der Waals surface area contributed by atoms with E-state index in [1.165, 1.54) is 0 Å². The lowest BCUT2D eigenvalue weighted by molar-refractivity contribution is 0.0771. The van der Waals surface area contributed by atoms with Crippen LogP contribution >= 0.6 is 0 Å². The normalized spacial score (nSPS) is 18.9. The molecule has 2 heterocycles. The van der Waals surface area contributed by atoms with E-state index >= 15 is 0 Å². The van der Waals surface area contributed by atoms with E-state index < -0.39 is 0 Å². The van der Waals surface area contributed by atoms with E-state index in [1.807, 2.05) is 17.0 Å². The minimum atomic E-state index is 0.0591. The average Bonchev–Trinajstić information content (AvgIpc) is 2.95. The second-order valence-electron chi connectivity index (χ2n) is 6.96. The minimum Gasteiger partial charge on any atom is -0.384 e. The summed E-state index contributed by atoms with van der Waals surface area (Å²) in [6.45, 7) is 11.5. The van der Waals surface area contributed by atoms with Gasteiger partial charge in [0.1, 0.15) is 5.69 Å². The Balaban J connectivity index is 1.98. The molecule has 1 N–H and O–H groups in total. The molecule has 4 heteroatoms. The van der Waals surface area contributed by atoms with Gasteiger partial charge in [-0.2, -0.15) is 0 Å². The number of rotatable bonds is 4. The molecular formula is C17H27N3O. The van der Waals surface area contributed by atoms with Crippen LogP contribution in [0.5, 0.6) is 0 Å². The zero-order valence-electron chi connectivity index (χ0n) is 13.6. The minimum absolute atomic E-state index is 0.0591. The largest absolute Gasteiger partial charge is 0.384 e. The lowest BCUT2D eigenvalue weighted by Crippen LogP contribution is -2.31. The van der Waals surface area contributed by atoms with Gasteiger partial charge in [0.05, 0.1) is 11.9 Å². The van der Waals surface area contributed by atoms with E-state index in [0.717, 1.165) is 38.2 Å². The topological polar surface area (TPSA) is 45.2 Å². The molecule has 0 aliphatic carbocycles. The quantitative estimate of drug-likeness (QED) is 0.924. The highest BCUT2D eigenvalue weighted by Gasteiger charge is 2.34. The fourth-order valence-corrected chi connectivity index (χ4v) is 2.71. The first-order chi connectivity index (χ1) is 9.91. The van der Waals surface area contributed by atoms with Crippen molar-refractivity contribution in [1.29, 1.82) is 0 Å². The standard InChI is InChI=1S/C17H27N3O/c1-5-9-18-14-6-7-15(19-11-14)16(21)20-10-8-13(12-20)17(2,3)4/h6-7,11,13,18H,5,8-10,12H2,1-4H3. The van der Waals surface area contributed by atoms with Gasteiger partial charge in [0.15, 0.2) is 0 Å². The molecule has 0 bridgehead atoms. The molecule has 0 spiro atoms. The molecule has 1 saturated heterocycles. The van der Waals surface area contributed by atoms with Crippen LogP contribution in [-0.4, -0.2) is 35.4 Å². The second-order valence-corrected chi connectivity index (χ2v) is 6.96. The molecule has 1 aliphatic rings. The molecule has 0 radical (unpaired) electrons. The van der Waals surface area contributed by atoms with Gasteiger partial charge in [-0.15, -0.1) is 0 Å². The molecule has 1 amide bonds. The zero-order chi connectivity index (χ0) is 15.5. The number of hydrogen-bond donors (Lipinski definition) is 1. The lowest BCUT2D eigenvalue weighted by Gasteiger charge is -2.26. The van der Waals surface area contributed by atoms with E-state index in [-0.39, 0.29) is 11.3 Å². The van der Waals surface area contributed by atoms with E-state index in [4.69, 9.17) is 0 Å². The van der Waals surface area contributed by atoms with Crippen LogP contribution in [0.3, 0.4) is 0 Å². The molecule has 0 saturated carbocycles. The first kappa shape index (κ1) is 15.8. The molecule has 1 aliphatic heterocycles. The SMILES string of the molecule is CCCNc1ccc(C(=O)N2CCC(C(C)(C)C)C2)nc1. The first-order valence-electron chi connectivity index (χ1n) is 7.91. The summed E-state index contributed by atoms with van der Waals surface area (Å²) in [4.78, 5) is 18.7. The number of anilines is 1. The molecule has 1 fully saturated rings. The highest BCUT2D eigenvalue weighted by Crippen LogP contribution is 2.33. The molecular weight excluding hydrogens is 262 g/mol. The molecule has 4 nitrogen and oxygen atoms in total. The predicted molar refractivity (Wildman–Crippen MR) is 86.5 cm³/mol. The number of likely N-dealkylation sites (tertiary alicyclic amines) is 1. The number of hydrogen-bond acceptors (Lipinski definition) is 3. The Labute approximate surface area is 127 Å². The van der Waals surface area contributed by atoms with Gasteiger partial charge in [-0.3, -0.25) is 4.79 Å². The molecule has 2 rings (SSSR count). The third-order valence-electron chi connectivity index (χ3n) is 4.26. The summed E-state index contributed by atoms with van der Waals surface area (Å²) in [5, 5.41) is 3.27. The number of aromatic nitrogens is 1. The molecule has 1 aromatic heterocycles. The average molecular weight is 289 g/mol. The van der Waals surface area contributed by atoms with Crippen molar-refractivity contribution in [2.24, 2.45) is 11.3 Å². The number of carbonyl (C=O) groups excluding carboxylic acids is 1. The van der Waals surface area contributed by atoms with Gasteiger partial charge in [0.25, 0.3) is 5.91 Å². The summed E-state index contributed by atoms with van der Waals surface area (Å²) in [6.07, 6.45) is 3.91. The van der Waals surface area contributed by atoms with Crippen molar-refractivity contribution in [3.8, 4) is 0 Å². The first-order valence-corrected chi connectivity index (χ1v) is 7.91. The van der Waals surface area contributed by atoms with E-state index in [0.29, 0.717) is 11.6 Å². The number of amides is 1. The Hall–Kier alpha value is -1.58. The second kappa shape index (κ2) is 6.46. The molecule has 1 aromatic rings. The lowest BCUT2D eigenvalue weighted by atomic mass is 9.80. The number of nitrogens with one attached hydrogen (secondary N) is 1. The van der Waals surface area contributed by atoms with Crippen molar-refractivity contribution in [1.82, 2.24) is 9.88 Å². The monoisotopic (exact) mass is 289 g/mol. The van der Waals surface area contributed by atoms with Gasteiger partial charge < -0.3 is 10.2 Å². The Bertz CT molecular complexity index is 476. The van der Waals surface area contributed by atoms with Gasteiger partial charge in [-0.05, 0) is 36.3 Å². The van der Waals surface area contributed by atoms with Crippen molar-refractivity contribution >= 4 is 11.6 Å². The smallest absolute Gasteiger partial charge is 0.272 e. The van der Waals surface area contributed by atoms with Gasteiger partial charge in [0, 0.05) is 19.6 Å². The molecule has 1 unspecified atom stereocenters. The Kier molecular flexibility index (Phi) is 4.86. The van der Waals surface area contributed by atoms with Crippen LogP contribution in [0.15, 0.2) is 18.3 Å². The van der Waals surface area contributed by atoms with Crippen LogP contribution in [0.1, 0.15) is 51.0 Å². The summed E-state index contributed by atoms with van der Waals surface area (Å²) in [5.41, 5.74) is 1.78. The fraction of sp³-hybridized carbons (Fsp3) is 0.647. The maximum absolute atomic E-state index is 12.5. The predicted octanol–water partition coefficient (Wildman–Crippen LogP) is 3.41. The zero-order valence-corrected chi connectivity index (χ0v) is 13.6. The maximum atomic E-state index is 12.5. The fourth-order valence-electron chi connectivity index (χ4n) is 2.71. The summed E-state index contributed by atoms with van der Waals surface area (Å²) in [5.74, 6) is 0.635. The Morgan fingerprint density at radius 2 is 2.19 bits per heavy atom. The highest BCUT2D eigenvalue weighted by atomic mass is 16.2. The Morgan fingerprint density at radius 1 is 1.43 bits per heavy atom. The van der Waals surface area contributed by atoms with Gasteiger partial charge in [0.2, 0.25) is 0 Å². The van der Waals surface area contributed by atoms with Gasteiger partial charge in [-0.25, -0.2) is 4.98 Å². The van der Waals surface area contributed by atoms with Crippen molar-refractivity contribution in [3.63, 3.8) is 0 Å². The van der Waals surface area contributed by atoms with Crippen molar-refractivity contribution < 1.29 is 4.79 Å². The van der Waals surface area contributed by atoms with Crippen LogP contribution < -0.4 is 5.32 Å².